The average molecular weight is 257 g/mol. The third-order valence-corrected chi connectivity index (χ3v) is 2.47. The van der Waals surface area contributed by atoms with Crippen LogP contribution in [0.5, 0.6) is 0 Å². The van der Waals surface area contributed by atoms with Crippen molar-refractivity contribution in [2.24, 2.45) is 0 Å². The number of alkyl carbamates (subject to hydrolysis) is 1. The van der Waals surface area contributed by atoms with Gasteiger partial charge >= 0.3 is 6.09 Å². The maximum absolute atomic E-state index is 11.5. The molecule has 1 aromatic carbocycles. The van der Waals surface area contributed by atoms with Gasteiger partial charge < -0.3 is 15.8 Å². The van der Waals surface area contributed by atoms with Gasteiger partial charge in [0.1, 0.15) is 6.61 Å². The second-order valence-electron chi connectivity index (χ2n) is 4.04. The topological polar surface area (TPSA) is 77.2 Å². The SMILES string of the molecule is Nc1cncc(CNC(=O)OCc2ccccc2)c1. The van der Waals surface area contributed by atoms with Crippen LogP contribution in [0, 0.1) is 0 Å². The second-order valence-corrected chi connectivity index (χ2v) is 4.04. The van der Waals surface area contributed by atoms with Crippen molar-refractivity contribution in [3.8, 4) is 0 Å². The van der Waals surface area contributed by atoms with Crippen molar-refractivity contribution in [3.63, 3.8) is 0 Å². The van der Waals surface area contributed by atoms with E-state index >= 15 is 0 Å². The Morgan fingerprint density at radius 3 is 2.74 bits per heavy atom. The Balaban J connectivity index is 1.76. The summed E-state index contributed by atoms with van der Waals surface area (Å²) >= 11 is 0. The number of carbonyl (C=O) groups is 1. The number of amides is 1. The number of hydrogen-bond acceptors (Lipinski definition) is 4. The number of benzene rings is 1. The maximum Gasteiger partial charge on any atom is 0.407 e. The molecule has 1 amide bonds. The van der Waals surface area contributed by atoms with Gasteiger partial charge in [-0.05, 0) is 17.2 Å². The highest BCUT2D eigenvalue weighted by Gasteiger charge is 2.03. The second kappa shape index (κ2) is 6.39. The van der Waals surface area contributed by atoms with Gasteiger partial charge in [0.25, 0.3) is 0 Å². The fourth-order valence-electron chi connectivity index (χ4n) is 1.55. The molecule has 0 aliphatic rings. The minimum atomic E-state index is -0.466. The maximum atomic E-state index is 11.5. The number of nitrogen functional groups attached to an aromatic ring is 1. The summed E-state index contributed by atoms with van der Waals surface area (Å²) in [4.78, 5) is 15.4. The Morgan fingerprint density at radius 2 is 2.00 bits per heavy atom. The standard InChI is InChI=1S/C14H15N3O2/c15-13-6-12(7-16-9-13)8-17-14(18)19-10-11-4-2-1-3-5-11/h1-7,9H,8,10,15H2,(H,17,18). The number of pyridine rings is 1. The molecule has 19 heavy (non-hydrogen) atoms. The lowest BCUT2D eigenvalue weighted by atomic mass is 10.2. The van der Waals surface area contributed by atoms with E-state index in [1.54, 1.807) is 18.5 Å². The molecule has 1 heterocycles. The van der Waals surface area contributed by atoms with E-state index in [1.165, 1.54) is 0 Å². The number of nitrogens with two attached hydrogens (primary N) is 1. The Kier molecular flexibility index (Phi) is 4.34. The molecule has 0 aliphatic carbocycles. The summed E-state index contributed by atoms with van der Waals surface area (Å²) < 4.78 is 5.08. The third-order valence-electron chi connectivity index (χ3n) is 2.47. The van der Waals surface area contributed by atoms with Crippen LogP contribution in [0.2, 0.25) is 0 Å². The molecule has 0 saturated carbocycles. The summed E-state index contributed by atoms with van der Waals surface area (Å²) in [5, 5.41) is 2.64. The fraction of sp³-hybridized carbons (Fsp3) is 0.143. The zero-order valence-corrected chi connectivity index (χ0v) is 10.4. The van der Waals surface area contributed by atoms with E-state index in [1.807, 2.05) is 30.3 Å². The van der Waals surface area contributed by atoms with E-state index in [9.17, 15) is 4.79 Å². The highest BCUT2D eigenvalue weighted by molar-refractivity contribution is 5.67. The first-order chi connectivity index (χ1) is 9.24. The van der Waals surface area contributed by atoms with Crippen molar-refractivity contribution >= 4 is 11.8 Å². The smallest absolute Gasteiger partial charge is 0.407 e. The Morgan fingerprint density at radius 1 is 1.21 bits per heavy atom. The van der Waals surface area contributed by atoms with E-state index in [0.29, 0.717) is 12.2 Å². The third kappa shape index (κ3) is 4.31. The number of nitrogens with one attached hydrogen (secondary N) is 1. The molecule has 0 fully saturated rings. The van der Waals surface area contributed by atoms with Gasteiger partial charge in [0.2, 0.25) is 0 Å². The molecule has 1 aromatic heterocycles. The van der Waals surface area contributed by atoms with E-state index < -0.39 is 6.09 Å². The van der Waals surface area contributed by atoms with Crippen molar-refractivity contribution in [1.82, 2.24) is 10.3 Å². The van der Waals surface area contributed by atoms with Crippen molar-refractivity contribution in [2.75, 3.05) is 5.73 Å². The first-order valence-corrected chi connectivity index (χ1v) is 5.88. The van der Waals surface area contributed by atoms with Crippen LogP contribution < -0.4 is 11.1 Å². The van der Waals surface area contributed by atoms with Crippen LogP contribution in [0.1, 0.15) is 11.1 Å². The van der Waals surface area contributed by atoms with Gasteiger partial charge in [0.15, 0.2) is 0 Å². The molecule has 2 rings (SSSR count). The van der Waals surface area contributed by atoms with Crippen molar-refractivity contribution < 1.29 is 9.53 Å². The van der Waals surface area contributed by atoms with Gasteiger partial charge in [-0.25, -0.2) is 4.79 Å². The lowest BCUT2D eigenvalue weighted by molar-refractivity contribution is 0.139. The molecule has 0 unspecified atom stereocenters. The fourth-order valence-corrected chi connectivity index (χ4v) is 1.55. The van der Waals surface area contributed by atoms with Gasteiger partial charge in [0.05, 0.1) is 5.69 Å². The highest BCUT2D eigenvalue weighted by Crippen LogP contribution is 2.04. The molecule has 0 atom stereocenters. The number of ether oxygens (including phenoxy) is 1. The highest BCUT2D eigenvalue weighted by atomic mass is 16.5. The number of aromatic nitrogens is 1. The van der Waals surface area contributed by atoms with Crippen molar-refractivity contribution in [1.29, 1.82) is 0 Å². The van der Waals surface area contributed by atoms with Crippen LogP contribution in [0.25, 0.3) is 0 Å². The van der Waals surface area contributed by atoms with Crippen LogP contribution in [-0.4, -0.2) is 11.1 Å². The molecular formula is C14H15N3O2. The molecule has 0 aliphatic heterocycles. The minimum absolute atomic E-state index is 0.252. The van der Waals surface area contributed by atoms with Gasteiger partial charge in [-0.15, -0.1) is 0 Å². The Labute approximate surface area is 111 Å². The van der Waals surface area contributed by atoms with Crippen LogP contribution in [-0.2, 0) is 17.9 Å². The van der Waals surface area contributed by atoms with Gasteiger partial charge in [-0.3, -0.25) is 4.98 Å². The summed E-state index contributed by atoms with van der Waals surface area (Å²) in [6, 6.07) is 11.3. The molecule has 0 bridgehead atoms. The van der Waals surface area contributed by atoms with Gasteiger partial charge in [0, 0.05) is 18.9 Å². The van der Waals surface area contributed by atoms with Crippen LogP contribution >= 0.6 is 0 Å². The Hall–Kier alpha value is -2.56. The molecule has 5 heteroatoms. The zero-order valence-electron chi connectivity index (χ0n) is 10.4. The monoisotopic (exact) mass is 257 g/mol. The lowest BCUT2D eigenvalue weighted by Gasteiger charge is -2.07. The predicted molar refractivity (Wildman–Crippen MR) is 72.1 cm³/mol. The van der Waals surface area contributed by atoms with E-state index in [-0.39, 0.29) is 6.61 Å². The van der Waals surface area contributed by atoms with E-state index in [2.05, 4.69) is 10.3 Å². The van der Waals surface area contributed by atoms with E-state index in [4.69, 9.17) is 10.5 Å². The zero-order chi connectivity index (χ0) is 13.5. The molecule has 0 saturated heterocycles. The first-order valence-electron chi connectivity index (χ1n) is 5.88. The van der Waals surface area contributed by atoms with Gasteiger partial charge in [-0.2, -0.15) is 0 Å². The molecule has 5 nitrogen and oxygen atoms in total. The molecule has 3 N–H and O–H groups in total. The molecule has 0 radical (unpaired) electrons. The van der Waals surface area contributed by atoms with Crippen molar-refractivity contribution in [3.05, 3.63) is 59.9 Å². The summed E-state index contributed by atoms with van der Waals surface area (Å²) in [5.41, 5.74) is 7.94. The normalized spacial score (nSPS) is 9.89. The Bertz CT molecular complexity index is 543. The predicted octanol–water partition coefficient (Wildman–Crippen LogP) is 2.09. The van der Waals surface area contributed by atoms with Crippen LogP contribution in [0.15, 0.2) is 48.8 Å². The first kappa shape index (κ1) is 12.9. The van der Waals surface area contributed by atoms with E-state index in [0.717, 1.165) is 11.1 Å². The molecule has 98 valence electrons. The summed E-state index contributed by atoms with van der Waals surface area (Å²) in [6.45, 7) is 0.591. The number of nitrogens with zero attached hydrogens (tertiary/aromatic N) is 1. The van der Waals surface area contributed by atoms with Crippen LogP contribution in [0.4, 0.5) is 10.5 Å². The molecular weight excluding hydrogens is 242 g/mol. The van der Waals surface area contributed by atoms with Crippen molar-refractivity contribution in [2.45, 2.75) is 13.2 Å². The number of anilines is 1. The summed E-state index contributed by atoms with van der Waals surface area (Å²) in [6.07, 6.45) is 2.73. The van der Waals surface area contributed by atoms with Crippen LogP contribution in [0.3, 0.4) is 0 Å². The minimum Gasteiger partial charge on any atom is -0.445 e. The number of carbonyl (C=O) groups excluding carboxylic acids is 1. The lowest BCUT2D eigenvalue weighted by Crippen LogP contribution is -2.23. The number of rotatable bonds is 4. The molecule has 2 aromatic rings. The number of hydrogen-bond donors (Lipinski definition) is 2. The summed E-state index contributed by atoms with van der Waals surface area (Å²) in [5.74, 6) is 0. The quantitative estimate of drug-likeness (QED) is 0.879. The van der Waals surface area contributed by atoms with Gasteiger partial charge in [-0.1, -0.05) is 30.3 Å². The largest absolute Gasteiger partial charge is 0.445 e. The average Bonchev–Trinajstić information content (AvgIpc) is 2.44. The summed E-state index contributed by atoms with van der Waals surface area (Å²) in [7, 11) is 0. The molecule has 0 spiro atoms.